The fraction of sp³-hybridized carbons (Fsp3) is 0.778. The minimum atomic E-state index is -0.128. The number of hydrogen-bond donors (Lipinski definition) is 0. The van der Waals surface area contributed by atoms with Crippen molar-refractivity contribution in [3.05, 3.63) is 0 Å². The Labute approximate surface area is 71.1 Å². The van der Waals surface area contributed by atoms with Gasteiger partial charge in [-0.15, -0.1) is 0 Å². The van der Waals surface area contributed by atoms with Gasteiger partial charge in [-0.25, -0.2) is 0 Å². The maximum atomic E-state index is 11.2. The number of carbonyl (C=O) groups is 2. The van der Waals surface area contributed by atoms with Crippen molar-refractivity contribution >= 4 is 11.8 Å². The number of ketones is 1. The molecule has 1 aliphatic heterocycles. The van der Waals surface area contributed by atoms with Crippen LogP contribution in [0.4, 0.5) is 0 Å². The maximum absolute atomic E-state index is 11.2. The second kappa shape index (κ2) is 2.88. The lowest BCUT2D eigenvalue weighted by Crippen LogP contribution is -2.22. The molecule has 2 atom stereocenters. The van der Waals surface area contributed by atoms with Crippen molar-refractivity contribution in [2.45, 2.75) is 25.7 Å². The quantitative estimate of drug-likeness (QED) is 0.505. The van der Waals surface area contributed by atoms with E-state index in [1.807, 2.05) is 0 Å². The van der Waals surface area contributed by atoms with Crippen molar-refractivity contribution in [1.29, 1.82) is 0 Å². The molecule has 0 amide bonds. The zero-order chi connectivity index (χ0) is 8.55. The van der Waals surface area contributed by atoms with Gasteiger partial charge >= 0.3 is 5.97 Å². The summed E-state index contributed by atoms with van der Waals surface area (Å²) in [5.41, 5.74) is 0. The van der Waals surface area contributed by atoms with Gasteiger partial charge in [0.25, 0.3) is 0 Å². The number of hydrogen-bond acceptors (Lipinski definition) is 3. The molecule has 0 N–H and O–H groups in total. The first-order valence-electron chi connectivity index (χ1n) is 4.41. The van der Waals surface area contributed by atoms with Gasteiger partial charge in [0.05, 0.1) is 6.61 Å². The van der Waals surface area contributed by atoms with E-state index in [0.29, 0.717) is 37.6 Å². The molecule has 2 unspecified atom stereocenters. The molecule has 1 aliphatic carbocycles. The molecule has 0 radical (unpaired) electrons. The molecule has 1 heterocycles. The highest BCUT2D eigenvalue weighted by molar-refractivity contribution is 5.81. The van der Waals surface area contributed by atoms with E-state index in [4.69, 9.17) is 4.74 Å². The van der Waals surface area contributed by atoms with Crippen LogP contribution in [0, 0.1) is 11.8 Å². The van der Waals surface area contributed by atoms with Gasteiger partial charge in [0.15, 0.2) is 0 Å². The van der Waals surface area contributed by atoms with Crippen LogP contribution >= 0.6 is 0 Å². The first kappa shape index (κ1) is 7.77. The Morgan fingerprint density at radius 2 is 1.83 bits per heavy atom. The van der Waals surface area contributed by atoms with Gasteiger partial charge in [0, 0.05) is 25.2 Å². The number of ether oxygens (including phenoxy) is 1. The molecular formula is C9H12O3. The topological polar surface area (TPSA) is 43.4 Å². The summed E-state index contributed by atoms with van der Waals surface area (Å²) in [4.78, 5) is 22.2. The molecule has 0 aromatic heterocycles. The standard InChI is InChI=1S/C9H12O3/c10-8-2-6-1-7(3-8)5-12-9(11)4-6/h6-7H,1-5H2. The lowest BCUT2D eigenvalue weighted by Gasteiger charge is -2.22. The molecule has 2 bridgehead atoms. The van der Waals surface area contributed by atoms with Crippen LogP contribution in [0.5, 0.6) is 0 Å². The Balaban J connectivity index is 2.10. The van der Waals surface area contributed by atoms with Crippen LogP contribution in [0.25, 0.3) is 0 Å². The van der Waals surface area contributed by atoms with Gasteiger partial charge in [-0.3, -0.25) is 9.59 Å². The Bertz CT molecular complexity index is 220. The molecule has 1 saturated carbocycles. The smallest absolute Gasteiger partial charge is 0.306 e. The highest BCUT2D eigenvalue weighted by Gasteiger charge is 2.32. The summed E-state index contributed by atoms with van der Waals surface area (Å²) < 4.78 is 4.97. The summed E-state index contributed by atoms with van der Waals surface area (Å²) in [6, 6.07) is 0. The largest absolute Gasteiger partial charge is 0.465 e. The molecule has 3 nitrogen and oxygen atoms in total. The second-order valence-electron chi connectivity index (χ2n) is 3.80. The van der Waals surface area contributed by atoms with E-state index in [9.17, 15) is 9.59 Å². The summed E-state index contributed by atoms with van der Waals surface area (Å²) in [5, 5.41) is 0. The van der Waals surface area contributed by atoms with Crippen LogP contribution in [0.3, 0.4) is 0 Å². The second-order valence-corrected chi connectivity index (χ2v) is 3.80. The summed E-state index contributed by atoms with van der Waals surface area (Å²) in [7, 11) is 0. The monoisotopic (exact) mass is 168 g/mol. The van der Waals surface area contributed by atoms with Gasteiger partial charge < -0.3 is 4.74 Å². The Kier molecular flexibility index (Phi) is 1.87. The van der Waals surface area contributed by atoms with Gasteiger partial charge in [0.1, 0.15) is 5.78 Å². The van der Waals surface area contributed by atoms with Crippen LogP contribution in [0.2, 0.25) is 0 Å². The highest BCUT2D eigenvalue weighted by Crippen LogP contribution is 2.31. The first-order valence-corrected chi connectivity index (χ1v) is 4.41. The van der Waals surface area contributed by atoms with Crippen LogP contribution in [-0.4, -0.2) is 18.4 Å². The highest BCUT2D eigenvalue weighted by atomic mass is 16.5. The number of esters is 1. The Morgan fingerprint density at radius 1 is 1.08 bits per heavy atom. The SMILES string of the molecule is O=C1CC2COC(=O)CC(C1)C2. The van der Waals surface area contributed by atoms with E-state index in [1.165, 1.54) is 0 Å². The molecule has 0 spiro atoms. The van der Waals surface area contributed by atoms with Crippen molar-refractivity contribution in [2.75, 3.05) is 6.61 Å². The van der Waals surface area contributed by atoms with Crippen LogP contribution in [0.1, 0.15) is 25.7 Å². The number of carbonyl (C=O) groups excluding carboxylic acids is 2. The minimum Gasteiger partial charge on any atom is -0.465 e. The summed E-state index contributed by atoms with van der Waals surface area (Å²) in [5.74, 6) is 0.751. The van der Waals surface area contributed by atoms with E-state index in [2.05, 4.69) is 0 Å². The third kappa shape index (κ3) is 1.49. The van der Waals surface area contributed by atoms with Crippen molar-refractivity contribution in [3.63, 3.8) is 0 Å². The molecule has 1 saturated heterocycles. The van der Waals surface area contributed by atoms with Gasteiger partial charge in [-0.2, -0.15) is 0 Å². The fourth-order valence-electron chi connectivity index (χ4n) is 2.15. The van der Waals surface area contributed by atoms with E-state index < -0.39 is 0 Å². The lowest BCUT2D eigenvalue weighted by atomic mass is 9.80. The third-order valence-electron chi connectivity index (χ3n) is 2.63. The van der Waals surface area contributed by atoms with Crippen molar-refractivity contribution in [3.8, 4) is 0 Å². The molecule has 2 fully saturated rings. The maximum Gasteiger partial charge on any atom is 0.306 e. The van der Waals surface area contributed by atoms with E-state index >= 15 is 0 Å². The molecule has 66 valence electrons. The molecule has 3 heteroatoms. The average Bonchev–Trinajstić information content (AvgIpc) is 2.10. The number of fused-ring (bicyclic) bond motifs is 2. The normalized spacial score (nSPS) is 35.7. The van der Waals surface area contributed by atoms with E-state index in [0.717, 1.165) is 6.42 Å². The molecular weight excluding hydrogens is 156 g/mol. The zero-order valence-electron chi connectivity index (χ0n) is 6.91. The average molecular weight is 168 g/mol. The van der Waals surface area contributed by atoms with Crippen molar-refractivity contribution in [1.82, 2.24) is 0 Å². The van der Waals surface area contributed by atoms with Crippen molar-refractivity contribution in [2.24, 2.45) is 11.8 Å². The summed E-state index contributed by atoms with van der Waals surface area (Å²) in [6.07, 6.45) is 2.65. The first-order chi connectivity index (χ1) is 5.74. The van der Waals surface area contributed by atoms with E-state index in [-0.39, 0.29) is 11.9 Å². The summed E-state index contributed by atoms with van der Waals surface area (Å²) in [6.45, 7) is 0.459. The number of Topliss-reactive ketones (excluding diaryl/α,β-unsaturated/α-hetero) is 1. The predicted octanol–water partition coefficient (Wildman–Crippen LogP) is 0.919. The Hall–Kier alpha value is -0.860. The van der Waals surface area contributed by atoms with Gasteiger partial charge in [0.2, 0.25) is 0 Å². The zero-order valence-corrected chi connectivity index (χ0v) is 6.91. The minimum absolute atomic E-state index is 0.128. The Morgan fingerprint density at radius 3 is 2.67 bits per heavy atom. The number of cyclic esters (lactones) is 1. The summed E-state index contributed by atoms with van der Waals surface area (Å²) >= 11 is 0. The molecule has 12 heavy (non-hydrogen) atoms. The van der Waals surface area contributed by atoms with Gasteiger partial charge in [-0.05, 0) is 12.3 Å². The molecule has 0 aromatic carbocycles. The third-order valence-corrected chi connectivity index (χ3v) is 2.63. The van der Waals surface area contributed by atoms with Crippen LogP contribution < -0.4 is 0 Å². The van der Waals surface area contributed by atoms with Crippen LogP contribution in [-0.2, 0) is 14.3 Å². The fourth-order valence-corrected chi connectivity index (χ4v) is 2.15. The molecule has 2 aliphatic rings. The van der Waals surface area contributed by atoms with Crippen molar-refractivity contribution < 1.29 is 14.3 Å². The lowest BCUT2D eigenvalue weighted by molar-refractivity contribution is -0.144. The number of rotatable bonds is 0. The van der Waals surface area contributed by atoms with Gasteiger partial charge in [-0.1, -0.05) is 0 Å². The molecule has 2 rings (SSSR count). The molecule has 0 aromatic rings. The van der Waals surface area contributed by atoms with Crippen LogP contribution in [0.15, 0.2) is 0 Å². The predicted molar refractivity (Wildman–Crippen MR) is 41.4 cm³/mol. The van der Waals surface area contributed by atoms with E-state index in [1.54, 1.807) is 0 Å².